The molecule has 0 spiro atoms. The number of hydrogen-bond donors (Lipinski definition) is 1. The van der Waals surface area contributed by atoms with E-state index in [-0.39, 0.29) is 12.2 Å². The Morgan fingerprint density at radius 2 is 1.66 bits per heavy atom. The van der Waals surface area contributed by atoms with E-state index in [1.54, 1.807) is 30.3 Å². The van der Waals surface area contributed by atoms with Crippen molar-refractivity contribution >= 4 is 29.0 Å². The number of amides is 1. The van der Waals surface area contributed by atoms with Crippen molar-refractivity contribution in [2.75, 3.05) is 4.90 Å². The number of rotatable bonds is 7. The third-order valence-corrected chi connectivity index (χ3v) is 6.22. The van der Waals surface area contributed by atoms with Crippen molar-refractivity contribution in [3.63, 3.8) is 0 Å². The van der Waals surface area contributed by atoms with Gasteiger partial charge < -0.3 is 10.0 Å². The number of aliphatic hydroxyl groups is 1. The molecule has 0 saturated carbocycles. The third-order valence-electron chi connectivity index (χ3n) is 5.99. The summed E-state index contributed by atoms with van der Waals surface area (Å²) in [6.07, 6.45) is 1.63. The smallest absolute Gasteiger partial charge is 0.264 e. The summed E-state index contributed by atoms with van der Waals surface area (Å²) in [7, 11) is 0. The van der Waals surface area contributed by atoms with E-state index in [4.69, 9.17) is 11.6 Å². The molecule has 0 aromatic heterocycles. The molecular formula is C27H26ClNO3. The van der Waals surface area contributed by atoms with Crippen LogP contribution in [0.3, 0.4) is 0 Å². The molecule has 0 aliphatic carbocycles. The Morgan fingerprint density at radius 3 is 2.31 bits per heavy atom. The Balaban J connectivity index is 1.65. The molecule has 0 radical (unpaired) electrons. The number of hydrogen-bond acceptors (Lipinski definition) is 3. The molecule has 0 unspecified atom stereocenters. The number of benzene rings is 3. The number of aryl methyl sites for hydroxylation is 2. The molecule has 1 N–H and O–H groups in total. The van der Waals surface area contributed by atoms with Gasteiger partial charge in [0.15, 0.2) is 11.4 Å². The predicted molar refractivity (Wildman–Crippen MR) is 127 cm³/mol. The van der Waals surface area contributed by atoms with Crippen LogP contribution in [0.1, 0.15) is 52.4 Å². The number of fused-ring (bicyclic) bond motifs is 1. The molecule has 1 atom stereocenters. The first kappa shape index (κ1) is 22.3. The molecule has 4 nitrogen and oxygen atoms in total. The number of nitrogens with zero attached hydrogens (tertiary/aromatic N) is 1. The quantitative estimate of drug-likeness (QED) is 0.479. The highest BCUT2D eigenvalue weighted by Crippen LogP contribution is 2.44. The van der Waals surface area contributed by atoms with Crippen molar-refractivity contribution < 1.29 is 14.7 Å². The summed E-state index contributed by atoms with van der Waals surface area (Å²) in [6.45, 7) is 4.41. The minimum absolute atomic E-state index is 0.285. The van der Waals surface area contributed by atoms with Crippen LogP contribution in [0.5, 0.6) is 0 Å². The molecule has 3 aromatic rings. The summed E-state index contributed by atoms with van der Waals surface area (Å²) >= 11 is 6.20. The summed E-state index contributed by atoms with van der Waals surface area (Å²) < 4.78 is 0. The van der Waals surface area contributed by atoms with Gasteiger partial charge in [0.2, 0.25) is 0 Å². The van der Waals surface area contributed by atoms with Gasteiger partial charge in [0.25, 0.3) is 5.91 Å². The maximum absolute atomic E-state index is 13.5. The predicted octanol–water partition coefficient (Wildman–Crippen LogP) is 5.61. The van der Waals surface area contributed by atoms with Crippen LogP contribution in [0.15, 0.2) is 66.7 Å². The van der Waals surface area contributed by atoms with Gasteiger partial charge in [0.1, 0.15) is 0 Å². The lowest BCUT2D eigenvalue weighted by atomic mass is 9.88. The van der Waals surface area contributed by atoms with Gasteiger partial charge >= 0.3 is 0 Å². The van der Waals surface area contributed by atoms with Gasteiger partial charge in [-0.15, -0.1) is 0 Å². The van der Waals surface area contributed by atoms with E-state index in [2.05, 4.69) is 6.92 Å². The second-order valence-electron chi connectivity index (χ2n) is 8.45. The summed E-state index contributed by atoms with van der Waals surface area (Å²) in [6, 6.07) is 20.3. The van der Waals surface area contributed by atoms with Crippen molar-refractivity contribution in [1.29, 1.82) is 0 Å². The average Bonchev–Trinajstić information content (AvgIpc) is 2.97. The van der Waals surface area contributed by atoms with E-state index >= 15 is 0 Å². The average molecular weight is 448 g/mol. The van der Waals surface area contributed by atoms with Crippen molar-refractivity contribution in [2.45, 2.75) is 45.3 Å². The van der Waals surface area contributed by atoms with Gasteiger partial charge in [-0.2, -0.15) is 0 Å². The number of anilines is 1. The van der Waals surface area contributed by atoms with E-state index in [0.29, 0.717) is 28.4 Å². The molecule has 4 rings (SSSR count). The highest BCUT2D eigenvalue weighted by atomic mass is 35.5. The second kappa shape index (κ2) is 8.89. The van der Waals surface area contributed by atoms with Crippen LogP contribution in [-0.2, 0) is 23.4 Å². The van der Waals surface area contributed by atoms with Gasteiger partial charge in [-0.1, -0.05) is 79.0 Å². The van der Waals surface area contributed by atoms with Gasteiger partial charge in [0.05, 0.1) is 18.7 Å². The molecule has 3 aromatic carbocycles. The number of halogens is 1. The van der Waals surface area contributed by atoms with Gasteiger partial charge in [-0.3, -0.25) is 9.59 Å². The zero-order chi connectivity index (χ0) is 22.9. The Morgan fingerprint density at radius 1 is 1.00 bits per heavy atom. The highest BCUT2D eigenvalue weighted by molar-refractivity contribution is 6.31. The molecule has 1 aliphatic rings. The van der Waals surface area contributed by atoms with Crippen LogP contribution >= 0.6 is 11.6 Å². The Labute approximate surface area is 193 Å². The summed E-state index contributed by atoms with van der Waals surface area (Å²) in [5.74, 6) is -0.793. The lowest BCUT2D eigenvalue weighted by Gasteiger charge is -2.23. The monoisotopic (exact) mass is 447 g/mol. The zero-order valence-corrected chi connectivity index (χ0v) is 19.0. The topological polar surface area (TPSA) is 57.6 Å². The fraction of sp³-hybridized carbons (Fsp3) is 0.259. The summed E-state index contributed by atoms with van der Waals surface area (Å²) in [5.41, 5.74) is 2.69. The van der Waals surface area contributed by atoms with Crippen LogP contribution in [0.25, 0.3) is 0 Å². The Kier molecular flexibility index (Phi) is 6.18. The van der Waals surface area contributed by atoms with Gasteiger partial charge in [-0.25, -0.2) is 0 Å². The molecule has 1 amide bonds. The first-order valence-electron chi connectivity index (χ1n) is 10.8. The minimum Gasteiger partial charge on any atom is -0.375 e. The van der Waals surface area contributed by atoms with Crippen LogP contribution < -0.4 is 4.90 Å². The van der Waals surface area contributed by atoms with Crippen molar-refractivity contribution in [3.8, 4) is 0 Å². The highest BCUT2D eigenvalue weighted by Gasteiger charge is 2.51. The van der Waals surface area contributed by atoms with E-state index in [9.17, 15) is 14.7 Å². The van der Waals surface area contributed by atoms with Crippen molar-refractivity contribution in [2.24, 2.45) is 0 Å². The molecule has 1 aliphatic heterocycles. The summed E-state index contributed by atoms with van der Waals surface area (Å²) in [5, 5.41) is 11.9. The number of carbonyl (C=O) groups is 2. The van der Waals surface area contributed by atoms with Gasteiger partial charge in [-0.05, 0) is 42.7 Å². The van der Waals surface area contributed by atoms with E-state index in [0.717, 1.165) is 29.5 Å². The first-order chi connectivity index (χ1) is 15.3. The van der Waals surface area contributed by atoms with Crippen molar-refractivity contribution in [3.05, 3.63) is 99.6 Å². The lowest BCUT2D eigenvalue weighted by molar-refractivity contribution is -0.136. The van der Waals surface area contributed by atoms with E-state index in [1.807, 2.05) is 43.3 Å². The maximum Gasteiger partial charge on any atom is 0.264 e. The van der Waals surface area contributed by atoms with Crippen LogP contribution in [0, 0.1) is 6.92 Å². The Hall–Kier alpha value is -2.95. The summed E-state index contributed by atoms with van der Waals surface area (Å²) in [4.78, 5) is 28.0. The molecule has 1 heterocycles. The fourth-order valence-corrected chi connectivity index (χ4v) is 4.38. The van der Waals surface area contributed by atoms with Crippen LogP contribution in [-0.4, -0.2) is 16.8 Å². The molecule has 5 heteroatoms. The number of Topliss-reactive ketones (excluding diaryl/α,β-unsaturated/α-hetero) is 1. The zero-order valence-electron chi connectivity index (χ0n) is 18.3. The van der Waals surface area contributed by atoms with Crippen LogP contribution in [0.2, 0.25) is 5.02 Å². The molecule has 0 bridgehead atoms. The van der Waals surface area contributed by atoms with E-state index < -0.39 is 11.5 Å². The van der Waals surface area contributed by atoms with Crippen LogP contribution in [0.4, 0.5) is 5.69 Å². The third kappa shape index (κ3) is 4.21. The largest absolute Gasteiger partial charge is 0.375 e. The molecule has 164 valence electrons. The molecule has 0 saturated heterocycles. The van der Waals surface area contributed by atoms with Crippen molar-refractivity contribution in [1.82, 2.24) is 0 Å². The van der Waals surface area contributed by atoms with E-state index in [1.165, 1.54) is 4.90 Å². The normalized spacial score (nSPS) is 17.5. The molecule has 0 fully saturated rings. The Bertz CT molecular complexity index is 1150. The first-order valence-corrected chi connectivity index (χ1v) is 11.2. The maximum atomic E-state index is 13.5. The fourth-order valence-electron chi connectivity index (χ4n) is 4.21. The number of ketones is 1. The standard InChI is InChI=1S/C27H26ClNO3/c1-3-4-19-9-11-21(12-10-19)25(30)16-27(32)23-15-22(28)13-14-24(23)29(26(27)31)17-20-7-5-18(2)6-8-20/h5-15,32H,3-4,16-17H2,1-2H3/t27-/m0/s1. The second-order valence-corrected chi connectivity index (χ2v) is 8.88. The number of carbonyl (C=O) groups excluding carboxylic acids is 2. The van der Waals surface area contributed by atoms with Gasteiger partial charge in [0, 0.05) is 16.1 Å². The minimum atomic E-state index is -1.95. The molecular weight excluding hydrogens is 422 g/mol. The lowest BCUT2D eigenvalue weighted by Crippen LogP contribution is -2.41. The molecule has 32 heavy (non-hydrogen) atoms. The SMILES string of the molecule is CCCc1ccc(C(=O)C[C@@]2(O)C(=O)N(Cc3ccc(C)cc3)c3ccc(Cl)cc32)cc1.